The van der Waals surface area contributed by atoms with Crippen molar-refractivity contribution in [1.29, 1.82) is 0 Å². The van der Waals surface area contributed by atoms with Gasteiger partial charge in [0.05, 0.1) is 0 Å². The van der Waals surface area contributed by atoms with E-state index in [0.29, 0.717) is 5.91 Å². The molecule has 1 aromatic carbocycles. The Kier molecular flexibility index (Phi) is 5.00. The van der Waals surface area contributed by atoms with Gasteiger partial charge in [-0.05, 0) is 31.4 Å². The van der Waals surface area contributed by atoms with Crippen molar-refractivity contribution in [1.82, 2.24) is 4.90 Å². The van der Waals surface area contributed by atoms with Crippen LogP contribution >= 0.6 is 0 Å². The predicted molar refractivity (Wildman–Crippen MR) is 103 cm³/mol. The number of hydrogen-bond acceptors (Lipinski definition) is 2. The number of hydrogen-bond donors (Lipinski definition) is 0. The first-order chi connectivity index (χ1) is 11.4. The molecule has 3 rings (SSSR count). The number of benzene rings is 1. The summed E-state index contributed by atoms with van der Waals surface area (Å²) in [6, 6.07) is 10.5. The van der Waals surface area contributed by atoms with Crippen LogP contribution in [-0.2, 0) is 4.79 Å². The number of rotatable bonds is 2. The fraction of sp³-hybridized carbons (Fsp3) is 0.550. The summed E-state index contributed by atoms with van der Waals surface area (Å²) >= 11 is 0. The lowest BCUT2D eigenvalue weighted by atomic mass is 10.2. The minimum atomic E-state index is -1.45. The molecule has 0 spiro atoms. The monoisotopic (exact) mass is 340 g/mol. The minimum absolute atomic E-state index is 0.0209. The van der Waals surface area contributed by atoms with E-state index in [1.54, 1.807) is 0 Å². The van der Waals surface area contributed by atoms with Crippen LogP contribution in [0.5, 0.6) is 0 Å². The third-order valence-electron chi connectivity index (χ3n) is 4.54. The quantitative estimate of drug-likeness (QED) is 0.609. The average molecular weight is 341 g/mol. The maximum absolute atomic E-state index is 12.7. The van der Waals surface area contributed by atoms with Crippen LogP contribution in [0.4, 0.5) is 5.69 Å². The van der Waals surface area contributed by atoms with Gasteiger partial charge in [0.2, 0.25) is 5.91 Å². The SMILES string of the molecule is C[Si](C)(C)C#CC1CN(c2ccccc2)CCCN1C(=O)C1CC1. The molecule has 24 heavy (non-hydrogen) atoms. The topological polar surface area (TPSA) is 23.6 Å². The number of carbonyl (C=O) groups is 1. The zero-order valence-electron chi connectivity index (χ0n) is 15.1. The largest absolute Gasteiger partial charge is 0.368 e. The molecule has 0 N–H and O–H groups in total. The highest BCUT2D eigenvalue weighted by Crippen LogP contribution is 2.32. The lowest BCUT2D eigenvalue weighted by Crippen LogP contribution is -2.44. The van der Waals surface area contributed by atoms with Crippen molar-refractivity contribution in [2.75, 3.05) is 24.5 Å². The van der Waals surface area contributed by atoms with Crippen molar-refractivity contribution in [2.45, 2.75) is 44.9 Å². The highest BCUT2D eigenvalue weighted by atomic mass is 28.3. The Balaban J connectivity index is 1.84. The first-order valence-electron chi connectivity index (χ1n) is 9.07. The van der Waals surface area contributed by atoms with Crippen molar-refractivity contribution < 1.29 is 4.79 Å². The van der Waals surface area contributed by atoms with Crippen molar-refractivity contribution in [2.24, 2.45) is 5.92 Å². The minimum Gasteiger partial charge on any atom is -0.368 e. The van der Waals surface area contributed by atoms with Crippen LogP contribution in [0.15, 0.2) is 30.3 Å². The van der Waals surface area contributed by atoms with Gasteiger partial charge in [0, 0.05) is 31.2 Å². The van der Waals surface area contributed by atoms with E-state index in [2.05, 4.69) is 65.2 Å². The summed E-state index contributed by atoms with van der Waals surface area (Å²) < 4.78 is 0. The lowest BCUT2D eigenvalue weighted by Gasteiger charge is -2.29. The van der Waals surface area contributed by atoms with Crippen LogP contribution in [0.3, 0.4) is 0 Å². The van der Waals surface area contributed by atoms with Crippen LogP contribution in [0.1, 0.15) is 19.3 Å². The van der Waals surface area contributed by atoms with Gasteiger partial charge in [0.15, 0.2) is 0 Å². The van der Waals surface area contributed by atoms with E-state index in [0.717, 1.165) is 38.9 Å². The van der Waals surface area contributed by atoms with Crippen LogP contribution in [0, 0.1) is 17.4 Å². The van der Waals surface area contributed by atoms with Crippen molar-refractivity contribution in [3.8, 4) is 11.5 Å². The predicted octanol–water partition coefficient (Wildman–Crippen LogP) is 3.38. The molecule has 128 valence electrons. The Labute approximate surface area is 147 Å². The van der Waals surface area contributed by atoms with Gasteiger partial charge in [-0.3, -0.25) is 4.79 Å². The summed E-state index contributed by atoms with van der Waals surface area (Å²) in [5.41, 5.74) is 4.74. The first kappa shape index (κ1) is 17.1. The van der Waals surface area contributed by atoms with E-state index >= 15 is 0 Å². The highest BCUT2D eigenvalue weighted by molar-refractivity contribution is 6.83. The van der Waals surface area contributed by atoms with Gasteiger partial charge in [-0.1, -0.05) is 43.8 Å². The Hall–Kier alpha value is -1.73. The molecule has 1 aromatic rings. The van der Waals surface area contributed by atoms with E-state index in [1.165, 1.54) is 5.69 Å². The number of para-hydroxylation sites is 1. The van der Waals surface area contributed by atoms with Crippen LogP contribution < -0.4 is 4.90 Å². The van der Waals surface area contributed by atoms with Crippen LogP contribution in [-0.4, -0.2) is 44.6 Å². The average Bonchev–Trinajstić information content (AvgIpc) is 3.39. The number of nitrogens with zero attached hydrogens (tertiary/aromatic N) is 2. The smallest absolute Gasteiger partial charge is 0.226 e. The van der Waals surface area contributed by atoms with E-state index in [9.17, 15) is 4.79 Å². The van der Waals surface area contributed by atoms with Crippen molar-refractivity contribution >= 4 is 19.7 Å². The normalized spacial score (nSPS) is 21.7. The molecule has 1 unspecified atom stereocenters. The van der Waals surface area contributed by atoms with Gasteiger partial charge >= 0.3 is 0 Å². The van der Waals surface area contributed by atoms with Crippen LogP contribution in [0.25, 0.3) is 0 Å². The number of carbonyl (C=O) groups excluding carboxylic acids is 1. The Morgan fingerprint density at radius 2 is 1.83 bits per heavy atom. The molecule has 1 saturated heterocycles. The number of amides is 1. The van der Waals surface area contributed by atoms with E-state index < -0.39 is 8.07 Å². The molecule has 0 radical (unpaired) electrons. The molecule has 1 aliphatic carbocycles. The molecular formula is C20H28N2OSi. The van der Waals surface area contributed by atoms with Gasteiger partial charge in [-0.15, -0.1) is 5.54 Å². The van der Waals surface area contributed by atoms with E-state index in [-0.39, 0.29) is 12.0 Å². The van der Waals surface area contributed by atoms with Crippen LogP contribution in [0.2, 0.25) is 19.6 Å². The second kappa shape index (κ2) is 7.02. The van der Waals surface area contributed by atoms with Gasteiger partial charge < -0.3 is 9.80 Å². The zero-order valence-corrected chi connectivity index (χ0v) is 16.1. The summed E-state index contributed by atoms with van der Waals surface area (Å²) in [4.78, 5) is 17.2. The Morgan fingerprint density at radius 1 is 1.12 bits per heavy atom. The summed E-state index contributed by atoms with van der Waals surface area (Å²) in [6.45, 7) is 9.43. The zero-order chi connectivity index (χ0) is 17.2. The van der Waals surface area contributed by atoms with E-state index in [4.69, 9.17) is 0 Å². The van der Waals surface area contributed by atoms with Gasteiger partial charge in [-0.25, -0.2) is 0 Å². The van der Waals surface area contributed by atoms with E-state index in [1.807, 2.05) is 6.07 Å². The highest BCUT2D eigenvalue weighted by Gasteiger charge is 2.37. The summed E-state index contributed by atoms with van der Waals surface area (Å²) in [6.07, 6.45) is 3.14. The Bertz CT molecular complexity index is 637. The van der Waals surface area contributed by atoms with Gasteiger partial charge in [0.1, 0.15) is 14.1 Å². The molecule has 1 atom stereocenters. The molecule has 1 amide bonds. The lowest BCUT2D eigenvalue weighted by molar-refractivity contribution is -0.133. The maximum atomic E-state index is 12.7. The fourth-order valence-electron chi connectivity index (χ4n) is 3.11. The summed E-state index contributed by atoms with van der Waals surface area (Å²) in [7, 11) is -1.45. The second-order valence-electron chi connectivity index (χ2n) is 7.98. The van der Waals surface area contributed by atoms with Gasteiger partial charge in [-0.2, -0.15) is 0 Å². The molecule has 1 heterocycles. The summed E-state index contributed by atoms with van der Waals surface area (Å²) in [5.74, 6) is 4.09. The summed E-state index contributed by atoms with van der Waals surface area (Å²) in [5, 5.41) is 0. The van der Waals surface area contributed by atoms with Crippen molar-refractivity contribution in [3.05, 3.63) is 30.3 Å². The molecule has 1 saturated carbocycles. The molecule has 2 aliphatic rings. The molecule has 2 fully saturated rings. The third-order valence-corrected chi connectivity index (χ3v) is 5.44. The van der Waals surface area contributed by atoms with Gasteiger partial charge in [0.25, 0.3) is 0 Å². The van der Waals surface area contributed by atoms with Crippen molar-refractivity contribution in [3.63, 3.8) is 0 Å². The third kappa shape index (κ3) is 4.42. The molecule has 0 bridgehead atoms. The molecule has 0 aromatic heterocycles. The first-order valence-corrected chi connectivity index (χ1v) is 12.6. The second-order valence-corrected chi connectivity index (χ2v) is 12.7. The molecule has 1 aliphatic heterocycles. The standard InChI is InChI=1S/C20H28N2OSi/c1-24(2,3)15-12-19-16-21(18-8-5-4-6-9-18)13-7-14-22(19)20(23)17-10-11-17/h4-6,8-9,17,19H,7,10-11,13-14,16H2,1-3H3. The Morgan fingerprint density at radius 3 is 2.46 bits per heavy atom. The fourth-order valence-corrected chi connectivity index (χ4v) is 3.71. The molecular weight excluding hydrogens is 312 g/mol. The number of anilines is 1. The molecule has 4 heteroatoms. The maximum Gasteiger partial charge on any atom is 0.226 e. The molecule has 3 nitrogen and oxygen atoms in total.